The third-order valence-corrected chi connectivity index (χ3v) is 8.31. The number of anilines is 1. The maximum Gasteiger partial charge on any atom is 0.264 e. The third kappa shape index (κ3) is 7.31. The summed E-state index contributed by atoms with van der Waals surface area (Å²) in [6, 6.07) is 15.3. The van der Waals surface area contributed by atoms with Gasteiger partial charge in [0, 0.05) is 18.1 Å². The van der Waals surface area contributed by atoms with E-state index < -0.39 is 34.3 Å². The number of carbonyl (C=O) groups is 2. The fraction of sp³-hybridized carbons (Fsp3) is 0.310. The molecule has 0 aromatic heterocycles. The molecule has 1 N–H and O–H groups in total. The Hall–Kier alpha value is -3.63. The molecule has 0 heterocycles. The molecule has 214 valence electrons. The molecule has 0 radical (unpaired) electrons. The quantitative estimate of drug-likeness (QED) is 0.323. The van der Waals surface area contributed by atoms with Crippen LogP contribution in [0.1, 0.15) is 31.4 Å². The van der Waals surface area contributed by atoms with E-state index >= 15 is 0 Å². The number of methoxy groups -OCH3 is 1. The van der Waals surface area contributed by atoms with Gasteiger partial charge in [-0.3, -0.25) is 13.9 Å². The zero-order chi connectivity index (χ0) is 29.4. The molecule has 0 saturated carbocycles. The minimum atomic E-state index is -4.29. The van der Waals surface area contributed by atoms with E-state index in [2.05, 4.69) is 5.32 Å². The molecule has 0 unspecified atom stereocenters. The zero-order valence-corrected chi connectivity index (χ0v) is 24.4. The highest BCUT2D eigenvalue weighted by molar-refractivity contribution is 7.92. The number of amides is 2. The van der Waals surface area contributed by atoms with Crippen molar-refractivity contribution in [2.45, 2.75) is 44.7 Å². The van der Waals surface area contributed by atoms with Crippen LogP contribution in [0.15, 0.2) is 71.6 Å². The fourth-order valence-electron chi connectivity index (χ4n) is 4.21. The van der Waals surface area contributed by atoms with Gasteiger partial charge in [-0.25, -0.2) is 12.8 Å². The number of halogens is 2. The minimum Gasteiger partial charge on any atom is -0.495 e. The van der Waals surface area contributed by atoms with Crippen LogP contribution >= 0.6 is 11.6 Å². The van der Waals surface area contributed by atoms with Crippen molar-refractivity contribution in [1.82, 2.24) is 10.2 Å². The van der Waals surface area contributed by atoms with Crippen LogP contribution in [0.3, 0.4) is 0 Å². The SMILES string of the molecule is CCNC(=O)[C@@H](CC)N(Cc1ccc(F)cc1)C(=O)CN(c1cc(Cl)ccc1OC)S(=O)(=O)c1ccc(C)cc1. The first-order chi connectivity index (χ1) is 19.0. The first-order valence-corrected chi connectivity index (χ1v) is 14.6. The van der Waals surface area contributed by atoms with Gasteiger partial charge in [-0.05, 0) is 68.3 Å². The number of carbonyl (C=O) groups excluding carboxylic acids is 2. The number of likely N-dealkylation sites (N-methyl/N-ethyl adjacent to an activating group) is 1. The van der Waals surface area contributed by atoms with Crippen LogP contribution in [0.2, 0.25) is 5.02 Å². The number of nitrogens with one attached hydrogen (secondary N) is 1. The molecule has 3 aromatic rings. The number of benzene rings is 3. The van der Waals surface area contributed by atoms with E-state index in [1.807, 2.05) is 6.92 Å². The molecule has 0 saturated heterocycles. The molecule has 0 fully saturated rings. The Kier molecular flexibility index (Phi) is 10.5. The minimum absolute atomic E-state index is 0.0335. The van der Waals surface area contributed by atoms with Crippen LogP contribution in [0.25, 0.3) is 0 Å². The Balaban J connectivity index is 2.12. The van der Waals surface area contributed by atoms with E-state index in [1.165, 1.54) is 60.5 Å². The van der Waals surface area contributed by atoms with Gasteiger partial charge < -0.3 is 15.0 Å². The number of nitrogens with zero attached hydrogens (tertiary/aromatic N) is 2. The van der Waals surface area contributed by atoms with Crippen molar-refractivity contribution < 1.29 is 27.1 Å². The molecule has 1 atom stereocenters. The van der Waals surface area contributed by atoms with Crippen molar-refractivity contribution in [1.29, 1.82) is 0 Å². The van der Waals surface area contributed by atoms with E-state index in [4.69, 9.17) is 16.3 Å². The standard InChI is InChI=1S/C29H33ClFN3O5S/c1-5-25(29(36)32-6-2)33(18-21-9-12-23(31)13-10-21)28(35)19-34(26-17-22(30)11-16-27(26)39-4)40(37,38)24-14-7-20(3)8-15-24/h7-17,25H,5-6,18-19H2,1-4H3,(H,32,36)/t25-/m1/s1. The summed E-state index contributed by atoms with van der Waals surface area (Å²) in [5.74, 6) is -1.27. The summed E-state index contributed by atoms with van der Waals surface area (Å²) in [4.78, 5) is 28.3. The highest BCUT2D eigenvalue weighted by atomic mass is 35.5. The molecule has 0 aliphatic rings. The van der Waals surface area contributed by atoms with Crippen molar-refractivity contribution in [2.24, 2.45) is 0 Å². The molecule has 0 aliphatic heterocycles. The van der Waals surface area contributed by atoms with Crippen molar-refractivity contribution in [2.75, 3.05) is 24.5 Å². The first-order valence-electron chi connectivity index (χ1n) is 12.8. The van der Waals surface area contributed by atoms with Gasteiger partial charge in [-0.2, -0.15) is 0 Å². The van der Waals surface area contributed by atoms with Crippen LogP contribution < -0.4 is 14.4 Å². The second kappa shape index (κ2) is 13.6. The third-order valence-electron chi connectivity index (χ3n) is 6.30. The Bertz CT molecular complexity index is 1430. The largest absolute Gasteiger partial charge is 0.495 e. The Morgan fingerprint density at radius 2 is 1.68 bits per heavy atom. The summed E-state index contributed by atoms with van der Waals surface area (Å²) in [5, 5.41) is 2.98. The average molecular weight is 590 g/mol. The smallest absolute Gasteiger partial charge is 0.264 e. The zero-order valence-electron chi connectivity index (χ0n) is 22.9. The first kappa shape index (κ1) is 30.9. The number of sulfonamides is 1. The van der Waals surface area contributed by atoms with Gasteiger partial charge in [0.25, 0.3) is 10.0 Å². The molecule has 0 bridgehead atoms. The Morgan fingerprint density at radius 3 is 2.25 bits per heavy atom. The molecule has 2 amide bonds. The lowest BCUT2D eigenvalue weighted by Gasteiger charge is -2.33. The fourth-order valence-corrected chi connectivity index (χ4v) is 5.79. The molecule has 8 nitrogen and oxygen atoms in total. The lowest BCUT2D eigenvalue weighted by Crippen LogP contribution is -2.52. The number of ether oxygens (including phenoxy) is 1. The van der Waals surface area contributed by atoms with Gasteiger partial charge in [-0.1, -0.05) is 48.4 Å². The molecular weight excluding hydrogens is 557 g/mol. The van der Waals surface area contributed by atoms with E-state index in [0.29, 0.717) is 12.1 Å². The van der Waals surface area contributed by atoms with Gasteiger partial charge in [0.1, 0.15) is 24.2 Å². The van der Waals surface area contributed by atoms with E-state index in [0.717, 1.165) is 9.87 Å². The Labute approximate surface area is 239 Å². The highest BCUT2D eigenvalue weighted by Gasteiger charge is 2.34. The van der Waals surface area contributed by atoms with Gasteiger partial charge >= 0.3 is 0 Å². The van der Waals surface area contributed by atoms with E-state index in [-0.39, 0.29) is 40.2 Å². The maximum atomic E-state index is 14.0. The second-order valence-corrected chi connectivity index (χ2v) is 11.4. The molecule has 11 heteroatoms. The lowest BCUT2D eigenvalue weighted by molar-refractivity contribution is -0.140. The van der Waals surface area contributed by atoms with Crippen LogP contribution in [0, 0.1) is 12.7 Å². The topological polar surface area (TPSA) is 96.0 Å². The molecule has 3 aromatic carbocycles. The van der Waals surface area contributed by atoms with Gasteiger partial charge in [0.05, 0.1) is 17.7 Å². The second-order valence-electron chi connectivity index (χ2n) is 9.11. The lowest BCUT2D eigenvalue weighted by atomic mass is 10.1. The number of aryl methyl sites for hydroxylation is 1. The van der Waals surface area contributed by atoms with Gasteiger partial charge in [0.15, 0.2) is 0 Å². The summed E-state index contributed by atoms with van der Waals surface area (Å²) < 4.78 is 47.9. The van der Waals surface area contributed by atoms with Crippen LogP contribution in [0.4, 0.5) is 10.1 Å². The summed E-state index contributed by atoms with van der Waals surface area (Å²) in [6.45, 7) is 5.01. The van der Waals surface area contributed by atoms with Crippen molar-refractivity contribution in [3.05, 3.63) is 88.7 Å². The molecular formula is C29H33ClFN3O5S. The Morgan fingerprint density at radius 1 is 1.02 bits per heavy atom. The van der Waals surface area contributed by atoms with Crippen molar-refractivity contribution in [3.8, 4) is 5.75 Å². The average Bonchev–Trinajstić information content (AvgIpc) is 2.92. The number of hydrogen-bond acceptors (Lipinski definition) is 5. The highest BCUT2D eigenvalue weighted by Crippen LogP contribution is 2.35. The normalized spacial score (nSPS) is 11.9. The predicted octanol–water partition coefficient (Wildman–Crippen LogP) is 4.93. The molecule has 0 aliphatic carbocycles. The van der Waals surface area contributed by atoms with E-state index in [9.17, 15) is 22.4 Å². The number of rotatable bonds is 12. The summed E-state index contributed by atoms with van der Waals surface area (Å²) in [6.07, 6.45) is 0.268. The summed E-state index contributed by atoms with van der Waals surface area (Å²) in [7, 11) is -2.91. The van der Waals surface area contributed by atoms with Crippen LogP contribution in [0.5, 0.6) is 5.75 Å². The maximum absolute atomic E-state index is 14.0. The predicted molar refractivity (Wildman–Crippen MR) is 153 cm³/mol. The summed E-state index contributed by atoms with van der Waals surface area (Å²) in [5.41, 5.74) is 1.50. The monoisotopic (exact) mass is 589 g/mol. The van der Waals surface area contributed by atoms with Crippen LogP contribution in [-0.2, 0) is 26.2 Å². The summed E-state index contributed by atoms with van der Waals surface area (Å²) >= 11 is 6.25. The van der Waals surface area contributed by atoms with Crippen molar-refractivity contribution >= 4 is 39.1 Å². The number of hydrogen-bond donors (Lipinski definition) is 1. The molecule has 0 spiro atoms. The molecule has 40 heavy (non-hydrogen) atoms. The van der Waals surface area contributed by atoms with Gasteiger partial charge in [0.2, 0.25) is 11.8 Å². The van der Waals surface area contributed by atoms with E-state index in [1.54, 1.807) is 32.0 Å². The van der Waals surface area contributed by atoms with Crippen LogP contribution in [-0.4, -0.2) is 51.4 Å². The molecule has 3 rings (SSSR count). The van der Waals surface area contributed by atoms with Gasteiger partial charge in [-0.15, -0.1) is 0 Å². The van der Waals surface area contributed by atoms with Crippen molar-refractivity contribution in [3.63, 3.8) is 0 Å².